The van der Waals surface area contributed by atoms with Gasteiger partial charge in [-0.25, -0.2) is 8.78 Å². The fourth-order valence-electron chi connectivity index (χ4n) is 5.86. The van der Waals surface area contributed by atoms with E-state index in [-0.39, 0.29) is 29.5 Å². The van der Waals surface area contributed by atoms with Gasteiger partial charge in [0.2, 0.25) is 5.91 Å². The van der Waals surface area contributed by atoms with Gasteiger partial charge >= 0.3 is 0 Å². The molecule has 5 atom stereocenters. The molecule has 1 aromatic heterocycles. The number of hydrogen-bond acceptors (Lipinski definition) is 7. The van der Waals surface area contributed by atoms with Crippen LogP contribution in [0.5, 0.6) is 0 Å². The summed E-state index contributed by atoms with van der Waals surface area (Å²) in [6, 6.07) is 12.1. The molecule has 0 aliphatic rings. The van der Waals surface area contributed by atoms with E-state index in [1.807, 2.05) is 6.07 Å². The minimum atomic E-state index is -1.83. The topological polar surface area (TPSA) is 164 Å². The van der Waals surface area contributed by atoms with Gasteiger partial charge in [-0.05, 0) is 67.1 Å². The summed E-state index contributed by atoms with van der Waals surface area (Å²) in [5, 5.41) is 40.3. The van der Waals surface area contributed by atoms with E-state index >= 15 is 0 Å². The number of rotatable bonds is 19. The second-order valence-corrected chi connectivity index (χ2v) is 12.2. The van der Waals surface area contributed by atoms with Gasteiger partial charge in [0.15, 0.2) is 0 Å². The number of hydrogen-bond donors (Lipinski definition) is 5. The van der Waals surface area contributed by atoms with Crippen LogP contribution in [0.3, 0.4) is 0 Å². The largest absolute Gasteiger partial charge is 0.388 e. The molecule has 0 fully saturated rings. The summed E-state index contributed by atoms with van der Waals surface area (Å²) in [6.07, 6.45) is 3.17. The van der Waals surface area contributed by atoms with Crippen LogP contribution in [-0.4, -0.2) is 63.3 Å². The molecule has 0 unspecified atom stereocenters. The van der Waals surface area contributed by atoms with Crippen molar-refractivity contribution in [1.82, 2.24) is 20.9 Å². The third-order valence-electron chi connectivity index (χ3n) is 8.35. The summed E-state index contributed by atoms with van der Waals surface area (Å²) in [7, 11) is 0. The molecule has 0 spiro atoms. The zero-order valence-corrected chi connectivity index (χ0v) is 27.8. The summed E-state index contributed by atoms with van der Waals surface area (Å²) in [6.45, 7) is 4.15. The van der Waals surface area contributed by atoms with Crippen LogP contribution in [0.2, 0.25) is 0 Å². The van der Waals surface area contributed by atoms with Gasteiger partial charge in [-0.15, -0.1) is 0 Å². The molecular formula is C37H45F2N5O5. The highest BCUT2D eigenvalue weighted by atomic mass is 19.1. The van der Waals surface area contributed by atoms with Gasteiger partial charge in [0.25, 0.3) is 11.8 Å². The second kappa shape index (κ2) is 19.9. The Balaban J connectivity index is 1.92. The number of amides is 3. The first-order valence-corrected chi connectivity index (χ1v) is 16.6. The maximum absolute atomic E-state index is 14.2. The molecule has 262 valence electrons. The van der Waals surface area contributed by atoms with Gasteiger partial charge in [-0.3, -0.25) is 19.4 Å². The van der Waals surface area contributed by atoms with Crippen molar-refractivity contribution in [3.8, 4) is 6.07 Å². The van der Waals surface area contributed by atoms with Crippen LogP contribution < -0.4 is 16.0 Å². The van der Waals surface area contributed by atoms with Crippen molar-refractivity contribution >= 4 is 17.7 Å². The first kappa shape index (κ1) is 38.7. The van der Waals surface area contributed by atoms with Gasteiger partial charge in [0, 0.05) is 24.0 Å². The van der Waals surface area contributed by atoms with Crippen molar-refractivity contribution < 1.29 is 33.4 Å². The van der Waals surface area contributed by atoms with E-state index in [4.69, 9.17) is 0 Å². The van der Waals surface area contributed by atoms with Crippen molar-refractivity contribution in [2.45, 2.75) is 95.5 Å². The van der Waals surface area contributed by atoms with Crippen LogP contribution in [0.15, 0.2) is 73.1 Å². The first-order valence-electron chi connectivity index (χ1n) is 16.6. The number of nitrogens with zero attached hydrogens (tertiary/aromatic N) is 2. The molecule has 12 heteroatoms. The number of nitrogens with one attached hydrogen (secondary N) is 3. The van der Waals surface area contributed by atoms with Gasteiger partial charge in [0.05, 0.1) is 30.1 Å². The average Bonchev–Trinajstić information content (AvgIpc) is 3.09. The number of aliphatic hydroxyl groups is 2. The lowest BCUT2D eigenvalue weighted by molar-refractivity contribution is -0.125. The predicted molar refractivity (Wildman–Crippen MR) is 180 cm³/mol. The van der Waals surface area contributed by atoms with Crippen molar-refractivity contribution in [3.05, 3.63) is 101 Å². The number of halogens is 2. The van der Waals surface area contributed by atoms with Crippen molar-refractivity contribution in [3.63, 3.8) is 0 Å². The minimum absolute atomic E-state index is 0.0705. The maximum Gasteiger partial charge on any atom is 0.253 e. The Hall–Kier alpha value is -4.73. The van der Waals surface area contributed by atoms with Gasteiger partial charge < -0.3 is 26.2 Å². The Morgan fingerprint density at radius 2 is 1.41 bits per heavy atom. The predicted octanol–water partition coefficient (Wildman–Crippen LogP) is 4.62. The normalized spacial score (nSPS) is 14.2. The molecule has 10 nitrogen and oxygen atoms in total. The number of aromatic nitrogens is 1. The lowest BCUT2D eigenvalue weighted by Crippen LogP contribution is -2.59. The Morgan fingerprint density at radius 1 is 0.796 bits per heavy atom. The van der Waals surface area contributed by atoms with Gasteiger partial charge in [0.1, 0.15) is 29.9 Å². The zero-order valence-electron chi connectivity index (χ0n) is 27.8. The smallest absolute Gasteiger partial charge is 0.253 e. The van der Waals surface area contributed by atoms with E-state index in [9.17, 15) is 38.6 Å². The van der Waals surface area contributed by atoms with Crippen molar-refractivity contribution in [2.75, 3.05) is 0 Å². The molecule has 5 N–H and O–H groups in total. The number of pyridine rings is 1. The molecule has 3 rings (SSSR count). The Kier molecular flexibility index (Phi) is 15.8. The standard InChI is InChI=1S/C37H45F2N5O5/c1-3-9-24(10-4-2)14-15-31(43-36(48)27-13-8-18-41-23-27)37(49)44-32(21-25-19-28(38)22-29(39)20-25)34(46)33(45)30(16-17-40)42-35(47)26-11-6-5-7-12-26/h5-8,11-13,18-20,22-24,30-34,45-46H,3-4,9-10,14-16,21H2,1-2H3,(H,42,47)(H,43,48)(H,44,49)/t30-,31-,32+,33-,34-/m1/s1. The van der Waals surface area contributed by atoms with E-state index in [0.717, 1.165) is 37.8 Å². The molecule has 0 saturated carbocycles. The zero-order chi connectivity index (χ0) is 35.8. The van der Waals surface area contributed by atoms with E-state index in [2.05, 4.69) is 34.8 Å². The molecule has 0 aliphatic carbocycles. The van der Waals surface area contributed by atoms with Crippen molar-refractivity contribution in [2.24, 2.45) is 5.92 Å². The van der Waals surface area contributed by atoms with E-state index in [1.54, 1.807) is 30.3 Å². The van der Waals surface area contributed by atoms with Crippen LogP contribution in [0.4, 0.5) is 8.78 Å². The average molecular weight is 678 g/mol. The third-order valence-corrected chi connectivity index (χ3v) is 8.35. The number of aliphatic hydroxyl groups excluding tert-OH is 2. The van der Waals surface area contributed by atoms with Crippen LogP contribution in [-0.2, 0) is 11.2 Å². The van der Waals surface area contributed by atoms with Gasteiger partial charge in [-0.2, -0.15) is 5.26 Å². The minimum Gasteiger partial charge on any atom is -0.388 e. The fourth-order valence-corrected chi connectivity index (χ4v) is 5.86. The number of carbonyl (C=O) groups is 3. The Bertz CT molecular complexity index is 1510. The van der Waals surface area contributed by atoms with Crippen LogP contribution in [0, 0.1) is 28.9 Å². The van der Waals surface area contributed by atoms with E-state index < -0.39 is 66.1 Å². The highest BCUT2D eigenvalue weighted by Crippen LogP contribution is 2.22. The molecule has 0 aliphatic heterocycles. The molecule has 0 radical (unpaired) electrons. The SMILES string of the molecule is CCCC(CCC)CC[C@@H](NC(=O)c1cccnc1)C(=O)N[C@@H](Cc1cc(F)cc(F)c1)[C@@H](O)[C@H](O)[C@@H](CC#N)NC(=O)c1ccccc1. The lowest BCUT2D eigenvalue weighted by Gasteiger charge is -2.33. The van der Waals surface area contributed by atoms with Crippen LogP contribution in [0.1, 0.15) is 85.1 Å². The monoisotopic (exact) mass is 677 g/mol. The molecule has 2 aromatic carbocycles. The molecule has 1 heterocycles. The first-order chi connectivity index (χ1) is 23.6. The quantitative estimate of drug-likeness (QED) is 0.124. The highest BCUT2D eigenvalue weighted by Gasteiger charge is 2.36. The summed E-state index contributed by atoms with van der Waals surface area (Å²) in [5.41, 5.74) is 0.555. The summed E-state index contributed by atoms with van der Waals surface area (Å²) in [5.74, 6) is -3.30. The fraction of sp³-hybridized carbons (Fsp3) is 0.432. The Labute approximate surface area is 286 Å². The second-order valence-electron chi connectivity index (χ2n) is 12.2. The maximum atomic E-state index is 14.2. The van der Waals surface area contributed by atoms with Crippen molar-refractivity contribution in [1.29, 1.82) is 5.26 Å². The molecule has 3 aromatic rings. The molecule has 3 amide bonds. The molecular weight excluding hydrogens is 632 g/mol. The summed E-state index contributed by atoms with van der Waals surface area (Å²) >= 11 is 0. The third kappa shape index (κ3) is 12.3. The summed E-state index contributed by atoms with van der Waals surface area (Å²) < 4.78 is 28.4. The van der Waals surface area contributed by atoms with E-state index in [0.29, 0.717) is 18.4 Å². The molecule has 49 heavy (non-hydrogen) atoms. The summed E-state index contributed by atoms with van der Waals surface area (Å²) in [4.78, 5) is 44.0. The van der Waals surface area contributed by atoms with Crippen LogP contribution in [0.25, 0.3) is 0 Å². The number of carbonyl (C=O) groups excluding carboxylic acids is 3. The van der Waals surface area contributed by atoms with Gasteiger partial charge in [-0.1, -0.05) is 57.7 Å². The number of nitriles is 1. The lowest BCUT2D eigenvalue weighted by atomic mass is 9.90. The highest BCUT2D eigenvalue weighted by molar-refractivity contribution is 5.97. The molecule has 0 bridgehead atoms. The van der Waals surface area contributed by atoms with E-state index in [1.165, 1.54) is 24.5 Å². The molecule has 0 saturated heterocycles. The number of benzene rings is 2. The Morgan fingerprint density at radius 3 is 2.00 bits per heavy atom. The van der Waals surface area contributed by atoms with Crippen LogP contribution >= 0.6 is 0 Å².